The second-order valence-corrected chi connectivity index (χ2v) is 7.48. The molecule has 1 amide bonds. The molecule has 0 saturated carbocycles. The molecule has 1 N–H and O–H groups in total. The van der Waals surface area contributed by atoms with Crippen LogP contribution in [0.3, 0.4) is 0 Å². The average molecular weight is 337 g/mol. The van der Waals surface area contributed by atoms with E-state index in [2.05, 4.69) is 11.9 Å². The van der Waals surface area contributed by atoms with Gasteiger partial charge >= 0.3 is 0 Å². The Hall–Kier alpha value is -1.70. The highest BCUT2D eigenvalue weighted by atomic mass is 32.2. The van der Waals surface area contributed by atoms with Crippen LogP contribution in [0.15, 0.2) is 43.0 Å². The van der Waals surface area contributed by atoms with Gasteiger partial charge in [0.15, 0.2) is 0 Å². The van der Waals surface area contributed by atoms with Gasteiger partial charge in [-0.1, -0.05) is 36.4 Å². The van der Waals surface area contributed by atoms with Gasteiger partial charge in [-0.05, 0) is 5.56 Å². The summed E-state index contributed by atoms with van der Waals surface area (Å²) in [7, 11) is -3.31. The fourth-order valence-electron chi connectivity index (χ4n) is 2.49. The van der Waals surface area contributed by atoms with Gasteiger partial charge in [-0.3, -0.25) is 9.69 Å². The molecule has 1 aliphatic heterocycles. The van der Waals surface area contributed by atoms with E-state index in [1.54, 1.807) is 6.08 Å². The molecule has 1 saturated heterocycles. The molecule has 7 heteroatoms. The molecule has 1 fully saturated rings. The molecule has 0 aromatic heterocycles. The maximum absolute atomic E-state index is 12.4. The first kappa shape index (κ1) is 17.7. The van der Waals surface area contributed by atoms with Gasteiger partial charge in [0.25, 0.3) is 0 Å². The van der Waals surface area contributed by atoms with E-state index in [-0.39, 0.29) is 11.7 Å². The zero-order chi connectivity index (χ0) is 16.7. The summed E-state index contributed by atoms with van der Waals surface area (Å²) in [5, 5.41) is 2.72. The lowest BCUT2D eigenvalue weighted by Gasteiger charge is -2.33. The summed E-state index contributed by atoms with van der Waals surface area (Å²) in [6.07, 6.45) is 1.63. The number of sulfonamides is 1. The number of piperazine rings is 1. The molecule has 6 nitrogen and oxygen atoms in total. The number of nitrogens with zero attached hydrogens (tertiary/aromatic N) is 2. The maximum Gasteiger partial charge on any atom is 0.234 e. The maximum atomic E-state index is 12.4. The number of nitrogens with one attached hydrogen (secondary N) is 1. The molecule has 1 aliphatic rings. The summed E-state index contributed by atoms with van der Waals surface area (Å²) < 4.78 is 26.4. The zero-order valence-corrected chi connectivity index (χ0v) is 14.0. The molecule has 0 bridgehead atoms. The van der Waals surface area contributed by atoms with Crippen LogP contribution in [-0.2, 0) is 20.6 Å². The Bertz CT molecular complexity index is 623. The number of carbonyl (C=O) groups is 1. The lowest BCUT2D eigenvalue weighted by molar-refractivity contribution is -0.122. The lowest BCUT2D eigenvalue weighted by atomic mass is 10.2. The highest BCUT2D eigenvalue weighted by Gasteiger charge is 2.27. The van der Waals surface area contributed by atoms with Crippen LogP contribution in [0.25, 0.3) is 0 Å². The zero-order valence-electron chi connectivity index (χ0n) is 13.1. The van der Waals surface area contributed by atoms with Crippen molar-refractivity contribution in [3.63, 3.8) is 0 Å². The molecular formula is C16H23N3O3S. The van der Waals surface area contributed by atoms with Crippen molar-refractivity contribution < 1.29 is 13.2 Å². The fourth-order valence-corrected chi connectivity index (χ4v) is 4.00. The van der Waals surface area contributed by atoms with Crippen molar-refractivity contribution in [2.24, 2.45) is 0 Å². The number of hydrogen-bond acceptors (Lipinski definition) is 4. The summed E-state index contributed by atoms with van der Waals surface area (Å²) in [5.74, 6) is -0.0429. The van der Waals surface area contributed by atoms with Crippen molar-refractivity contribution in [1.29, 1.82) is 0 Å². The summed E-state index contributed by atoms with van der Waals surface area (Å²) >= 11 is 0. The third-order valence-corrected chi connectivity index (χ3v) is 5.58. The van der Waals surface area contributed by atoms with Gasteiger partial charge in [-0.15, -0.1) is 6.58 Å². The van der Waals surface area contributed by atoms with Crippen molar-refractivity contribution in [2.45, 2.75) is 5.75 Å². The van der Waals surface area contributed by atoms with Gasteiger partial charge in [0.05, 0.1) is 12.3 Å². The van der Waals surface area contributed by atoms with Crippen LogP contribution in [0, 0.1) is 0 Å². The van der Waals surface area contributed by atoms with Gasteiger partial charge in [0, 0.05) is 32.7 Å². The molecule has 1 aromatic rings. The first-order chi connectivity index (χ1) is 11.0. The molecule has 0 aliphatic carbocycles. The van der Waals surface area contributed by atoms with Crippen molar-refractivity contribution >= 4 is 15.9 Å². The third-order valence-electron chi connectivity index (χ3n) is 3.73. The Balaban J connectivity index is 1.83. The molecule has 1 aromatic carbocycles. The van der Waals surface area contributed by atoms with E-state index in [9.17, 15) is 13.2 Å². The normalized spacial score (nSPS) is 16.9. The second-order valence-electron chi connectivity index (χ2n) is 5.51. The lowest BCUT2D eigenvalue weighted by Crippen LogP contribution is -2.51. The Morgan fingerprint density at radius 2 is 1.83 bits per heavy atom. The first-order valence-electron chi connectivity index (χ1n) is 7.63. The smallest absolute Gasteiger partial charge is 0.234 e. The van der Waals surface area contributed by atoms with E-state index in [1.165, 1.54) is 4.31 Å². The summed E-state index contributed by atoms with van der Waals surface area (Å²) in [6, 6.07) is 9.18. The molecule has 2 rings (SSSR count). The molecule has 0 spiro atoms. The minimum atomic E-state index is -3.31. The van der Waals surface area contributed by atoms with Gasteiger partial charge in [-0.2, -0.15) is 4.31 Å². The fraction of sp³-hybridized carbons (Fsp3) is 0.438. The number of rotatable bonds is 7. The number of amides is 1. The molecule has 1 heterocycles. The van der Waals surface area contributed by atoms with E-state index >= 15 is 0 Å². The SMILES string of the molecule is C=CCNC(=O)CN1CCN(S(=O)(=O)Cc2ccccc2)CC1. The molecule has 0 unspecified atom stereocenters. The molecule has 23 heavy (non-hydrogen) atoms. The van der Waals surface area contributed by atoms with E-state index in [0.29, 0.717) is 39.3 Å². The molecule has 0 radical (unpaired) electrons. The first-order valence-corrected chi connectivity index (χ1v) is 9.24. The third kappa shape index (κ3) is 5.46. The molecular weight excluding hydrogens is 314 g/mol. The predicted octanol–water partition coefficient (Wildman–Crippen LogP) is 0.436. The second kappa shape index (κ2) is 8.24. The Morgan fingerprint density at radius 3 is 2.43 bits per heavy atom. The predicted molar refractivity (Wildman–Crippen MR) is 90.3 cm³/mol. The minimum absolute atomic E-state index is 0.0215. The molecule has 126 valence electrons. The van der Waals surface area contributed by atoms with Crippen molar-refractivity contribution in [1.82, 2.24) is 14.5 Å². The van der Waals surface area contributed by atoms with Crippen LogP contribution < -0.4 is 5.32 Å². The van der Waals surface area contributed by atoms with Crippen LogP contribution in [0.2, 0.25) is 0 Å². The van der Waals surface area contributed by atoms with Crippen LogP contribution in [-0.4, -0.2) is 62.8 Å². The van der Waals surface area contributed by atoms with E-state index in [4.69, 9.17) is 0 Å². The highest BCUT2D eigenvalue weighted by molar-refractivity contribution is 7.88. The summed E-state index contributed by atoms with van der Waals surface area (Å²) in [5.41, 5.74) is 0.790. The van der Waals surface area contributed by atoms with E-state index < -0.39 is 10.0 Å². The average Bonchev–Trinajstić information content (AvgIpc) is 2.54. The van der Waals surface area contributed by atoms with Crippen LogP contribution in [0.4, 0.5) is 0 Å². The van der Waals surface area contributed by atoms with Crippen LogP contribution in [0.5, 0.6) is 0 Å². The highest BCUT2D eigenvalue weighted by Crippen LogP contribution is 2.13. The largest absolute Gasteiger partial charge is 0.352 e. The van der Waals surface area contributed by atoms with Crippen LogP contribution >= 0.6 is 0 Å². The van der Waals surface area contributed by atoms with Crippen LogP contribution in [0.1, 0.15) is 5.56 Å². The topological polar surface area (TPSA) is 69.7 Å². The quantitative estimate of drug-likeness (QED) is 0.733. The summed E-state index contributed by atoms with van der Waals surface area (Å²) in [6.45, 7) is 6.26. The number of hydrogen-bond donors (Lipinski definition) is 1. The number of carbonyl (C=O) groups excluding carboxylic acids is 1. The Morgan fingerprint density at radius 1 is 1.17 bits per heavy atom. The van der Waals surface area contributed by atoms with Crippen molar-refractivity contribution in [3.8, 4) is 0 Å². The van der Waals surface area contributed by atoms with Gasteiger partial charge in [-0.25, -0.2) is 8.42 Å². The molecule has 0 atom stereocenters. The summed E-state index contributed by atoms with van der Waals surface area (Å²) in [4.78, 5) is 13.6. The standard InChI is InChI=1S/C16H23N3O3S/c1-2-8-17-16(20)13-18-9-11-19(12-10-18)23(21,22)14-15-6-4-3-5-7-15/h2-7H,1,8-14H2,(H,17,20). The van der Waals surface area contributed by atoms with E-state index in [0.717, 1.165) is 5.56 Å². The Labute approximate surface area is 137 Å². The van der Waals surface area contributed by atoms with E-state index in [1.807, 2.05) is 35.2 Å². The van der Waals surface area contributed by atoms with Gasteiger partial charge in [0.1, 0.15) is 0 Å². The van der Waals surface area contributed by atoms with Gasteiger partial charge in [0.2, 0.25) is 15.9 Å². The monoisotopic (exact) mass is 337 g/mol. The van der Waals surface area contributed by atoms with Crippen molar-refractivity contribution in [2.75, 3.05) is 39.3 Å². The van der Waals surface area contributed by atoms with Crippen molar-refractivity contribution in [3.05, 3.63) is 48.6 Å². The Kier molecular flexibility index (Phi) is 6.32. The number of benzene rings is 1. The van der Waals surface area contributed by atoms with Gasteiger partial charge < -0.3 is 5.32 Å². The minimum Gasteiger partial charge on any atom is -0.352 e.